The fourth-order valence-corrected chi connectivity index (χ4v) is 3.97. The van der Waals surface area contributed by atoms with Crippen LogP contribution in [0, 0.1) is 5.92 Å². The predicted molar refractivity (Wildman–Crippen MR) is 106 cm³/mol. The van der Waals surface area contributed by atoms with Crippen molar-refractivity contribution in [2.24, 2.45) is 5.92 Å². The summed E-state index contributed by atoms with van der Waals surface area (Å²) in [6.07, 6.45) is 1.92. The highest BCUT2D eigenvalue weighted by molar-refractivity contribution is 6.31. The highest BCUT2D eigenvalue weighted by atomic mass is 35.5. The molecule has 2 aromatic rings. The second-order valence-corrected chi connectivity index (χ2v) is 7.54. The summed E-state index contributed by atoms with van der Waals surface area (Å²) in [6.45, 7) is 6.55. The molecule has 1 heterocycles. The Balaban J connectivity index is 1.53. The average Bonchev–Trinajstić information content (AvgIpc) is 2.69. The van der Waals surface area contributed by atoms with Gasteiger partial charge in [0.1, 0.15) is 6.54 Å². The van der Waals surface area contributed by atoms with Gasteiger partial charge in [0, 0.05) is 42.4 Å². The van der Waals surface area contributed by atoms with Crippen LogP contribution in [0.5, 0.6) is 0 Å². The molecule has 1 aliphatic rings. The molecular weight excluding hydrogens is 344 g/mol. The van der Waals surface area contributed by atoms with E-state index in [4.69, 9.17) is 11.6 Å². The van der Waals surface area contributed by atoms with Crippen LogP contribution >= 0.6 is 11.6 Å². The molecule has 0 atom stereocenters. The lowest BCUT2D eigenvalue weighted by Gasteiger charge is -2.32. The number of likely N-dealkylation sites (tertiary alicyclic amines) is 1. The minimum Gasteiger partial charge on any atom is -0.338 e. The topological polar surface area (TPSA) is 24.8 Å². The Bertz CT molecular complexity index is 711. The molecule has 1 aliphatic heterocycles. The molecule has 26 heavy (non-hydrogen) atoms. The van der Waals surface area contributed by atoms with E-state index in [9.17, 15) is 4.79 Å². The highest BCUT2D eigenvalue weighted by Crippen LogP contribution is 2.17. The largest absolute Gasteiger partial charge is 0.338 e. The third kappa shape index (κ3) is 4.87. The zero-order valence-corrected chi connectivity index (χ0v) is 16.2. The summed E-state index contributed by atoms with van der Waals surface area (Å²) in [5.41, 5.74) is 2.40. The predicted octanol–water partition coefficient (Wildman–Crippen LogP) is 3.18. The first-order valence-electron chi connectivity index (χ1n) is 9.57. The number of benzene rings is 2. The number of nitrogens with one attached hydrogen (secondary N) is 1. The van der Waals surface area contributed by atoms with Gasteiger partial charge in [0.05, 0.1) is 13.1 Å². The molecule has 1 fully saturated rings. The summed E-state index contributed by atoms with van der Waals surface area (Å²) in [6, 6.07) is 18.3. The lowest BCUT2D eigenvalue weighted by atomic mass is 9.94. The SMILES string of the molecule is CCN(Cc1ccccc1)C(=O)C1CC[NH+](Cc2ccccc2Cl)CC1. The number of hydrogen-bond acceptors (Lipinski definition) is 1. The summed E-state index contributed by atoms with van der Waals surface area (Å²) in [5, 5.41) is 0.846. The van der Waals surface area contributed by atoms with Gasteiger partial charge in [-0.05, 0) is 18.6 Å². The zero-order chi connectivity index (χ0) is 18.4. The third-order valence-corrected chi connectivity index (χ3v) is 5.72. The van der Waals surface area contributed by atoms with E-state index in [2.05, 4.69) is 25.1 Å². The standard InChI is InChI=1S/C22H27ClN2O/c1-2-25(16-18-8-4-3-5-9-18)22(26)19-12-14-24(15-13-19)17-20-10-6-7-11-21(20)23/h3-11,19H,2,12-17H2,1H3/p+1. The van der Waals surface area contributed by atoms with Crippen molar-refractivity contribution in [3.63, 3.8) is 0 Å². The molecule has 0 spiro atoms. The van der Waals surface area contributed by atoms with Crippen molar-refractivity contribution < 1.29 is 9.69 Å². The molecular formula is C22H28ClN2O+. The summed E-state index contributed by atoms with van der Waals surface area (Å²) in [7, 11) is 0. The van der Waals surface area contributed by atoms with Crippen LogP contribution in [0.3, 0.4) is 0 Å². The van der Waals surface area contributed by atoms with Crippen LogP contribution in [0.2, 0.25) is 5.02 Å². The molecule has 1 amide bonds. The van der Waals surface area contributed by atoms with Gasteiger partial charge in [0.25, 0.3) is 0 Å². The fourth-order valence-electron chi connectivity index (χ4n) is 3.77. The lowest BCUT2D eigenvalue weighted by molar-refractivity contribution is -0.919. The molecule has 0 radical (unpaired) electrons. The monoisotopic (exact) mass is 371 g/mol. The Hall–Kier alpha value is -1.84. The number of halogens is 1. The number of rotatable bonds is 6. The Labute approximate surface area is 161 Å². The Morgan fingerprint density at radius 2 is 1.73 bits per heavy atom. The van der Waals surface area contributed by atoms with Crippen molar-refractivity contribution in [2.45, 2.75) is 32.9 Å². The van der Waals surface area contributed by atoms with E-state index in [1.54, 1.807) is 0 Å². The number of carbonyl (C=O) groups is 1. The van der Waals surface area contributed by atoms with E-state index < -0.39 is 0 Å². The number of quaternary nitrogens is 1. The molecule has 2 aromatic carbocycles. The van der Waals surface area contributed by atoms with Crippen LogP contribution in [-0.2, 0) is 17.9 Å². The number of hydrogen-bond donors (Lipinski definition) is 1. The number of piperidine rings is 1. The molecule has 4 heteroatoms. The van der Waals surface area contributed by atoms with Gasteiger partial charge in [-0.1, -0.05) is 60.1 Å². The fraction of sp³-hybridized carbons (Fsp3) is 0.409. The molecule has 1 saturated heterocycles. The average molecular weight is 372 g/mol. The van der Waals surface area contributed by atoms with Gasteiger partial charge in [0.2, 0.25) is 5.91 Å². The van der Waals surface area contributed by atoms with Crippen molar-refractivity contribution in [1.82, 2.24) is 4.90 Å². The second-order valence-electron chi connectivity index (χ2n) is 7.13. The van der Waals surface area contributed by atoms with Gasteiger partial charge in [-0.25, -0.2) is 0 Å². The maximum atomic E-state index is 12.9. The second kappa shape index (κ2) is 9.20. The van der Waals surface area contributed by atoms with Gasteiger partial charge in [0.15, 0.2) is 0 Å². The van der Waals surface area contributed by atoms with Gasteiger partial charge in [-0.15, -0.1) is 0 Å². The highest BCUT2D eigenvalue weighted by Gasteiger charge is 2.30. The van der Waals surface area contributed by atoms with Crippen LogP contribution in [-0.4, -0.2) is 30.4 Å². The van der Waals surface area contributed by atoms with E-state index in [0.717, 1.165) is 44.0 Å². The van der Waals surface area contributed by atoms with E-state index in [1.807, 2.05) is 41.3 Å². The van der Waals surface area contributed by atoms with E-state index >= 15 is 0 Å². The van der Waals surface area contributed by atoms with E-state index in [1.165, 1.54) is 16.0 Å². The van der Waals surface area contributed by atoms with Gasteiger partial charge < -0.3 is 9.80 Å². The van der Waals surface area contributed by atoms with Crippen LogP contribution in [0.15, 0.2) is 54.6 Å². The Morgan fingerprint density at radius 3 is 2.38 bits per heavy atom. The van der Waals surface area contributed by atoms with Crippen molar-refractivity contribution in [1.29, 1.82) is 0 Å². The smallest absolute Gasteiger partial charge is 0.226 e. The van der Waals surface area contributed by atoms with E-state index in [0.29, 0.717) is 12.5 Å². The van der Waals surface area contributed by atoms with E-state index in [-0.39, 0.29) is 5.92 Å². The van der Waals surface area contributed by atoms with Crippen LogP contribution in [0.25, 0.3) is 0 Å². The van der Waals surface area contributed by atoms with Gasteiger partial charge >= 0.3 is 0 Å². The first-order valence-corrected chi connectivity index (χ1v) is 9.95. The summed E-state index contributed by atoms with van der Waals surface area (Å²) < 4.78 is 0. The Kier molecular flexibility index (Phi) is 6.70. The molecule has 138 valence electrons. The van der Waals surface area contributed by atoms with Crippen molar-refractivity contribution >= 4 is 17.5 Å². The molecule has 0 aromatic heterocycles. The number of amides is 1. The summed E-state index contributed by atoms with van der Waals surface area (Å²) in [4.78, 5) is 16.5. The molecule has 3 rings (SSSR count). The normalized spacial score (nSPS) is 19.9. The van der Waals surface area contributed by atoms with Crippen molar-refractivity contribution in [3.8, 4) is 0 Å². The van der Waals surface area contributed by atoms with Gasteiger partial charge in [-0.3, -0.25) is 4.79 Å². The molecule has 0 aliphatic carbocycles. The first kappa shape index (κ1) is 18.9. The molecule has 1 N–H and O–H groups in total. The quantitative estimate of drug-likeness (QED) is 0.828. The van der Waals surface area contributed by atoms with Crippen LogP contribution in [0.1, 0.15) is 30.9 Å². The summed E-state index contributed by atoms with van der Waals surface area (Å²) in [5.74, 6) is 0.474. The minimum atomic E-state index is 0.161. The molecule has 0 unspecified atom stereocenters. The molecule has 0 saturated carbocycles. The Morgan fingerprint density at radius 1 is 1.08 bits per heavy atom. The number of nitrogens with zero attached hydrogens (tertiary/aromatic N) is 1. The van der Waals surface area contributed by atoms with Crippen molar-refractivity contribution in [2.75, 3.05) is 19.6 Å². The lowest BCUT2D eigenvalue weighted by Crippen LogP contribution is -3.11. The maximum Gasteiger partial charge on any atom is 0.226 e. The van der Waals surface area contributed by atoms with Crippen LogP contribution < -0.4 is 4.90 Å². The molecule has 3 nitrogen and oxygen atoms in total. The third-order valence-electron chi connectivity index (χ3n) is 5.35. The first-order chi connectivity index (χ1) is 12.7. The number of carbonyl (C=O) groups excluding carboxylic acids is 1. The maximum absolute atomic E-state index is 12.9. The molecule has 0 bridgehead atoms. The van der Waals surface area contributed by atoms with Crippen molar-refractivity contribution in [3.05, 3.63) is 70.7 Å². The van der Waals surface area contributed by atoms with Gasteiger partial charge in [-0.2, -0.15) is 0 Å². The zero-order valence-electron chi connectivity index (χ0n) is 15.5. The summed E-state index contributed by atoms with van der Waals surface area (Å²) >= 11 is 6.29. The minimum absolute atomic E-state index is 0.161. The van der Waals surface area contributed by atoms with Crippen LogP contribution in [0.4, 0.5) is 0 Å².